The number of carbonyl (C=O) groups is 1. The third kappa shape index (κ3) is 3.85. The van der Waals surface area contributed by atoms with Gasteiger partial charge in [0.2, 0.25) is 0 Å². The van der Waals surface area contributed by atoms with Gasteiger partial charge in [-0.05, 0) is 37.1 Å². The van der Waals surface area contributed by atoms with Crippen molar-refractivity contribution >= 4 is 22.9 Å². The molecule has 0 atom stereocenters. The topological polar surface area (TPSA) is 42.0 Å². The average molecular weight is 322 g/mol. The molecule has 1 N–H and O–H groups in total. The molecule has 0 unspecified atom stereocenters. The highest BCUT2D eigenvalue weighted by Crippen LogP contribution is 2.22. The van der Waals surface area contributed by atoms with Gasteiger partial charge in [0.1, 0.15) is 4.88 Å². The van der Waals surface area contributed by atoms with Gasteiger partial charge in [0.25, 0.3) is 5.91 Å². The number of rotatable bonds is 4. The zero-order valence-corrected chi connectivity index (χ0v) is 14.0. The van der Waals surface area contributed by atoms with Crippen molar-refractivity contribution in [3.8, 4) is 0 Å². The predicted octanol–water partition coefficient (Wildman–Crippen LogP) is 4.60. The van der Waals surface area contributed by atoms with Gasteiger partial charge in [-0.2, -0.15) is 0 Å². The van der Waals surface area contributed by atoms with Crippen molar-refractivity contribution in [3.63, 3.8) is 0 Å². The molecule has 3 aromatic rings. The summed E-state index contributed by atoms with van der Waals surface area (Å²) in [5.74, 6) is -0.0927. The zero-order valence-electron chi connectivity index (χ0n) is 13.2. The largest absolute Gasteiger partial charge is 0.321 e. The number of hydrogen-bond acceptors (Lipinski definition) is 3. The van der Waals surface area contributed by atoms with E-state index in [9.17, 15) is 4.79 Å². The van der Waals surface area contributed by atoms with Crippen molar-refractivity contribution in [1.82, 2.24) is 4.98 Å². The van der Waals surface area contributed by atoms with Crippen LogP contribution >= 0.6 is 11.3 Å². The summed E-state index contributed by atoms with van der Waals surface area (Å²) < 4.78 is 0. The van der Waals surface area contributed by atoms with Crippen molar-refractivity contribution in [2.75, 3.05) is 5.32 Å². The highest BCUT2D eigenvalue weighted by molar-refractivity contribution is 7.14. The molecule has 0 aliphatic carbocycles. The van der Waals surface area contributed by atoms with Crippen molar-refractivity contribution in [2.45, 2.75) is 20.3 Å². The minimum absolute atomic E-state index is 0.0927. The number of nitrogens with one attached hydrogen (secondary N) is 1. The van der Waals surface area contributed by atoms with Gasteiger partial charge in [-0.15, -0.1) is 11.3 Å². The second kappa shape index (κ2) is 6.75. The number of aryl methyl sites for hydroxylation is 2. The Morgan fingerprint density at radius 3 is 2.61 bits per heavy atom. The van der Waals surface area contributed by atoms with Gasteiger partial charge < -0.3 is 5.32 Å². The van der Waals surface area contributed by atoms with Crippen molar-refractivity contribution in [1.29, 1.82) is 0 Å². The Morgan fingerprint density at radius 2 is 1.87 bits per heavy atom. The van der Waals surface area contributed by atoms with E-state index in [4.69, 9.17) is 0 Å². The molecule has 0 bridgehead atoms. The van der Waals surface area contributed by atoms with Gasteiger partial charge in [-0.25, -0.2) is 4.98 Å². The van der Waals surface area contributed by atoms with E-state index < -0.39 is 0 Å². The molecule has 1 heterocycles. The molecular formula is C19H18N2OS. The van der Waals surface area contributed by atoms with E-state index in [1.165, 1.54) is 16.9 Å². The smallest absolute Gasteiger partial charge is 0.267 e. The molecule has 0 saturated carbocycles. The number of benzene rings is 2. The number of thiazole rings is 1. The third-order valence-electron chi connectivity index (χ3n) is 3.52. The van der Waals surface area contributed by atoms with Gasteiger partial charge in [-0.3, -0.25) is 4.79 Å². The fraction of sp³-hybridized carbons (Fsp3) is 0.158. The second-order valence-corrected chi connectivity index (χ2v) is 6.59. The van der Waals surface area contributed by atoms with Crippen LogP contribution in [-0.2, 0) is 6.42 Å². The molecule has 3 nitrogen and oxygen atoms in total. The molecule has 1 aromatic heterocycles. The van der Waals surface area contributed by atoms with E-state index in [1.54, 1.807) is 0 Å². The quantitative estimate of drug-likeness (QED) is 0.762. The van der Waals surface area contributed by atoms with E-state index in [1.807, 2.05) is 56.3 Å². The van der Waals surface area contributed by atoms with Crippen LogP contribution in [0.15, 0.2) is 54.6 Å². The first-order valence-corrected chi connectivity index (χ1v) is 8.32. The maximum absolute atomic E-state index is 12.5. The summed E-state index contributed by atoms with van der Waals surface area (Å²) in [6.07, 6.45) is 0.754. The second-order valence-electron chi connectivity index (χ2n) is 5.51. The lowest BCUT2D eigenvalue weighted by molar-refractivity contribution is 0.103. The van der Waals surface area contributed by atoms with Crippen LogP contribution < -0.4 is 5.32 Å². The Labute approximate surface area is 140 Å². The number of aromatic nitrogens is 1. The lowest BCUT2D eigenvalue weighted by Gasteiger charge is -2.04. The Balaban J connectivity index is 1.76. The van der Waals surface area contributed by atoms with Crippen LogP contribution in [0.5, 0.6) is 0 Å². The molecule has 23 heavy (non-hydrogen) atoms. The van der Waals surface area contributed by atoms with E-state index >= 15 is 0 Å². The van der Waals surface area contributed by atoms with Crippen LogP contribution in [-0.4, -0.2) is 10.9 Å². The summed E-state index contributed by atoms with van der Waals surface area (Å²) >= 11 is 1.46. The van der Waals surface area contributed by atoms with E-state index in [0.29, 0.717) is 4.88 Å². The van der Waals surface area contributed by atoms with Gasteiger partial charge in [0.15, 0.2) is 0 Å². The first kappa shape index (κ1) is 15.4. The van der Waals surface area contributed by atoms with Crippen molar-refractivity contribution < 1.29 is 4.79 Å². The zero-order chi connectivity index (χ0) is 16.2. The first-order chi connectivity index (χ1) is 11.1. The summed E-state index contributed by atoms with van der Waals surface area (Å²) in [7, 11) is 0. The molecule has 0 aliphatic heterocycles. The van der Waals surface area contributed by atoms with Crippen LogP contribution in [0.2, 0.25) is 0 Å². The summed E-state index contributed by atoms with van der Waals surface area (Å²) in [5.41, 5.74) is 3.92. The number of carbonyl (C=O) groups excluding carboxylic acids is 1. The van der Waals surface area contributed by atoms with Crippen molar-refractivity contribution in [2.24, 2.45) is 0 Å². The lowest BCUT2D eigenvalue weighted by Crippen LogP contribution is -2.11. The minimum atomic E-state index is -0.0927. The minimum Gasteiger partial charge on any atom is -0.321 e. The summed E-state index contributed by atoms with van der Waals surface area (Å²) in [5, 5.41) is 3.91. The highest BCUT2D eigenvalue weighted by atomic mass is 32.1. The number of nitrogens with zero attached hydrogens (tertiary/aromatic N) is 1. The molecular weight excluding hydrogens is 304 g/mol. The molecule has 116 valence electrons. The maximum atomic E-state index is 12.5. The van der Waals surface area contributed by atoms with Crippen LogP contribution in [0.4, 0.5) is 5.69 Å². The normalized spacial score (nSPS) is 10.5. The molecule has 2 aromatic carbocycles. The Kier molecular flexibility index (Phi) is 4.53. The maximum Gasteiger partial charge on any atom is 0.267 e. The van der Waals surface area contributed by atoms with E-state index in [2.05, 4.69) is 22.4 Å². The molecule has 0 fully saturated rings. The van der Waals surface area contributed by atoms with Crippen molar-refractivity contribution in [3.05, 3.63) is 81.3 Å². The van der Waals surface area contributed by atoms with Crippen LogP contribution in [0, 0.1) is 13.8 Å². The van der Waals surface area contributed by atoms with Gasteiger partial charge in [0.05, 0.1) is 10.7 Å². The molecule has 0 radical (unpaired) electrons. The fourth-order valence-corrected chi connectivity index (χ4v) is 3.41. The van der Waals surface area contributed by atoms with E-state index in [-0.39, 0.29) is 5.91 Å². The third-order valence-corrected chi connectivity index (χ3v) is 4.68. The molecule has 0 aliphatic rings. The van der Waals surface area contributed by atoms with E-state index in [0.717, 1.165) is 28.4 Å². The monoisotopic (exact) mass is 322 g/mol. The van der Waals surface area contributed by atoms with Gasteiger partial charge in [0, 0.05) is 12.1 Å². The molecule has 3 rings (SSSR count). The van der Waals surface area contributed by atoms with Crippen LogP contribution in [0.25, 0.3) is 0 Å². The Hall–Kier alpha value is -2.46. The lowest BCUT2D eigenvalue weighted by atomic mass is 10.2. The van der Waals surface area contributed by atoms with Crippen LogP contribution in [0.3, 0.4) is 0 Å². The molecule has 4 heteroatoms. The first-order valence-electron chi connectivity index (χ1n) is 7.50. The summed E-state index contributed by atoms with van der Waals surface area (Å²) in [4.78, 5) is 17.7. The number of amides is 1. The molecule has 0 saturated heterocycles. The summed E-state index contributed by atoms with van der Waals surface area (Å²) in [6, 6.07) is 18.0. The van der Waals surface area contributed by atoms with Gasteiger partial charge in [-0.1, -0.05) is 42.5 Å². The number of hydrogen-bond donors (Lipinski definition) is 1. The predicted molar refractivity (Wildman–Crippen MR) is 95.2 cm³/mol. The molecule has 1 amide bonds. The van der Waals surface area contributed by atoms with Crippen LogP contribution in [0.1, 0.15) is 31.5 Å². The summed E-state index contributed by atoms with van der Waals surface area (Å²) in [6.45, 7) is 3.89. The number of anilines is 1. The van der Waals surface area contributed by atoms with Gasteiger partial charge >= 0.3 is 0 Å². The molecule has 0 spiro atoms. The average Bonchev–Trinajstić information content (AvgIpc) is 2.89. The Bertz CT molecular complexity index is 824. The SMILES string of the molecule is Cc1cccc(NC(=O)c2sc(Cc3ccccc3)nc2C)c1. The highest BCUT2D eigenvalue weighted by Gasteiger charge is 2.15. The fourth-order valence-electron chi connectivity index (χ4n) is 2.42. The Morgan fingerprint density at radius 1 is 1.09 bits per heavy atom. The standard InChI is InChI=1S/C19H18N2OS/c1-13-7-6-10-16(11-13)21-19(22)18-14(2)20-17(23-18)12-15-8-4-3-5-9-15/h3-11H,12H2,1-2H3,(H,21,22).